The van der Waals surface area contributed by atoms with Crippen LogP contribution in [0.5, 0.6) is 0 Å². The fourth-order valence-corrected chi connectivity index (χ4v) is 6.02. The zero-order valence-electron chi connectivity index (χ0n) is 22.0. The molecule has 0 aliphatic rings. The van der Waals surface area contributed by atoms with Gasteiger partial charge < -0.3 is 0 Å². The SMILES string of the molecule is CCCCCCCCc1c(Cl)c(CCCCCCCC)c(Cl)c(CCCCCCCC)c1Cl. The summed E-state index contributed by atoms with van der Waals surface area (Å²) in [6.07, 6.45) is 26.1. The van der Waals surface area contributed by atoms with Gasteiger partial charge in [-0.15, -0.1) is 0 Å². The molecule has 0 nitrogen and oxygen atoms in total. The zero-order valence-corrected chi connectivity index (χ0v) is 24.3. The summed E-state index contributed by atoms with van der Waals surface area (Å²) in [5.41, 5.74) is 3.50. The molecule has 33 heavy (non-hydrogen) atoms. The van der Waals surface area contributed by atoms with Gasteiger partial charge in [0, 0.05) is 15.1 Å². The molecule has 0 aliphatic carbocycles. The lowest BCUT2D eigenvalue weighted by atomic mass is 9.94. The Morgan fingerprint density at radius 1 is 0.333 bits per heavy atom. The summed E-state index contributed by atoms with van der Waals surface area (Å²) in [4.78, 5) is 0. The van der Waals surface area contributed by atoms with Gasteiger partial charge in [-0.05, 0) is 55.2 Å². The van der Waals surface area contributed by atoms with E-state index in [0.29, 0.717) is 0 Å². The van der Waals surface area contributed by atoms with Crippen LogP contribution in [0.1, 0.15) is 153 Å². The van der Waals surface area contributed by atoms with Crippen LogP contribution < -0.4 is 0 Å². The molecule has 0 unspecified atom stereocenters. The van der Waals surface area contributed by atoms with E-state index in [1.807, 2.05) is 0 Å². The van der Waals surface area contributed by atoms with Gasteiger partial charge >= 0.3 is 0 Å². The summed E-state index contributed by atoms with van der Waals surface area (Å²) in [5, 5.41) is 2.58. The smallest absolute Gasteiger partial charge is 0.0499 e. The van der Waals surface area contributed by atoms with Crippen LogP contribution >= 0.6 is 34.8 Å². The minimum atomic E-state index is 0.860. The molecule has 0 aliphatic heterocycles. The Morgan fingerprint density at radius 3 is 0.788 bits per heavy atom. The van der Waals surface area contributed by atoms with Crippen molar-refractivity contribution >= 4 is 34.8 Å². The summed E-state index contributed by atoms with van der Waals surface area (Å²) in [6, 6.07) is 0. The molecule has 0 amide bonds. The molecule has 0 aromatic heterocycles. The summed E-state index contributed by atoms with van der Waals surface area (Å²) < 4.78 is 0. The molecule has 192 valence electrons. The van der Waals surface area contributed by atoms with E-state index < -0.39 is 0 Å². The number of benzene rings is 1. The molecule has 0 N–H and O–H groups in total. The monoisotopic (exact) mass is 516 g/mol. The van der Waals surface area contributed by atoms with Crippen molar-refractivity contribution in [1.82, 2.24) is 0 Å². The van der Waals surface area contributed by atoms with E-state index in [4.69, 9.17) is 34.8 Å². The van der Waals surface area contributed by atoms with Crippen molar-refractivity contribution in [1.29, 1.82) is 0 Å². The highest BCUT2D eigenvalue weighted by atomic mass is 35.5. The Kier molecular flexibility index (Phi) is 19.1. The van der Waals surface area contributed by atoms with E-state index in [2.05, 4.69) is 20.8 Å². The fourth-order valence-electron chi connectivity index (χ4n) is 4.74. The van der Waals surface area contributed by atoms with Crippen LogP contribution in [-0.4, -0.2) is 0 Å². The predicted octanol–water partition coefficient (Wildman–Crippen LogP) is 12.4. The van der Waals surface area contributed by atoms with Crippen molar-refractivity contribution in [2.75, 3.05) is 0 Å². The average molecular weight is 518 g/mol. The molecule has 3 heteroatoms. The molecule has 1 rings (SSSR count). The summed E-state index contributed by atoms with van der Waals surface area (Å²) >= 11 is 20.9. The highest BCUT2D eigenvalue weighted by Crippen LogP contribution is 2.41. The maximum atomic E-state index is 6.97. The molecule has 0 atom stereocenters. The Morgan fingerprint density at radius 2 is 0.545 bits per heavy atom. The first kappa shape index (κ1) is 31.1. The minimum Gasteiger partial charge on any atom is -0.0836 e. The van der Waals surface area contributed by atoms with Crippen LogP contribution in [0.2, 0.25) is 15.1 Å². The molecule has 1 aromatic rings. The minimum absolute atomic E-state index is 0.860. The highest BCUT2D eigenvalue weighted by Gasteiger charge is 2.20. The Hall–Kier alpha value is 0.0900. The lowest BCUT2D eigenvalue weighted by Gasteiger charge is -2.19. The van der Waals surface area contributed by atoms with E-state index in [1.165, 1.54) is 113 Å². The summed E-state index contributed by atoms with van der Waals surface area (Å²) in [7, 11) is 0. The van der Waals surface area contributed by atoms with Gasteiger partial charge in [0.15, 0.2) is 0 Å². The van der Waals surface area contributed by atoms with E-state index in [-0.39, 0.29) is 0 Å². The lowest BCUT2D eigenvalue weighted by molar-refractivity contribution is 0.602. The largest absolute Gasteiger partial charge is 0.0836 e. The van der Waals surface area contributed by atoms with Gasteiger partial charge in [0.1, 0.15) is 0 Å². The van der Waals surface area contributed by atoms with Gasteiger partial charge in [0.05, 0.1) is 0 Å². The molecule has 0 saturated carbocycles. The van der Waals surface area contributed by atoms with Gasteiger partial charge in [-0.3, -0.25) is 0 Å². The van der Waals surface area contributed by atoms with Crippen molar-refractivity contribution in [3.63, 3.8) is 0 Å². The predicted molar refractivity (Wildman–Crippen MR) is 153 cm³/mol. The normalized spacial score (nSPS) is 11.5. The van der Waals surface area contributed by atoms with Gasteiger partial charge in [-0.25, -0.2) is 0 Å². The van der Waals surface area contributed by atoms with Crippen LogP contribution in [0.4, 0.5) is 0 Å². The maximum absolute atomic E-state index is 6.97. The number of unbranched alkanes of at least 4 members (excludes halogenated alkanes) is 15. The third kappa shape index (κ3) is 12.6. The number of halogens is 3. The third-order valence-corrected chi connectivity index (χ3v) is 8.30. The molecular formula is C30H51Cl3. The molecule has 0 saturated heterocycles. The molecule has 0 radical (unpaired) electrons. The van der Waals surface area contributed by atoms with Crippen molar-refractivity contribution in [3.8, 4) is 0 Å². The van der Waals surface area contributed by atoms with Gasteiger partial charge in [-0.1, -0.05) is 152 Å². The Labute approximate surface area is 221 Å². The maximum Gasteiger partial charge on any atom is 0.0499 e. The zero-order chi connectivity index (χ0) is 24.3. The average Bonchev–Trinajstić information content (AvgIpc) is 2.81. The second-order valence-electron chi connectivity index (χ2n) is 9.93. The van der Waals surface area contributed by atoms with E-state index in [1.54, 1.807) is 0 Å². The van der Waals surface area contributed by atoms with Crippen LogP contribution in [-0.2, 0) is 19.3 Å². The van der Waals surface area contributed by atoms with Gasteiger partial charge in [-0.2, -0.15) is 0 Å². The van der Waals surface area contributed by atoms with E-state index in [0.717, 1.165) is 53.6 Å². The first-order valence-corrected chi connectivity index (χ1v) is 15.4. The second-order valence-corrected chi connectivity index (χ2v) is 11.1. The number of rotatable bonds is 21. The number of hydrogen-bond donors (Lipinski definition) is 0. The van der Waals surface area contributed by atoms with Crippen molar-refractivity contribution in [2.45, 2.75) is 156 Å². The van der Waals surface area contributed by atoms with Crippen LogP contribution in [0.3, 0.4) is 0 Å². The lowest BCUT2D eigenvalue weighted by Crippen LogP contribution is -2.03. The molecule has 1 aromatic carbocycles. The molecular weight excluding hydrogens is 467 g/mol. The number of hydrogen-bond acceptors (Lipinski definition) is 0. The molecule has 0 fully saturated rings. The van der Waals surface area contributed by atoms with Crippen LogP contribution in [0.15, 0.2) is 0 Å². The highest BCUT2D eigenvalue weighted by molar-refractivity contribution is 6.41. The first-order chi connectivity index (χ1) is 16.1. The summed E-state index contributed by atoms with van der Waals surface area (Å²) in [6.45, 7) is 6.80. The second kappa shape index (κ2) is 20.3. The molecule has 0 spiro atoms. The standard InChI is InChI=1S/C30H51Cl3/c1-4-7-10-13-16-19-22-25-28(31)26(23-20-17-14-11-8-5-2)30(33)27(29(25)32)24-21-18-15-12-9-6-3/h4-24H2,1-3H3. The van der Waals surface area contributed by atoms with Gasteiger partial charge in [0.2, 0.25) is 0 Å². The van der Waals surface area contributed by atoms with E-state index >= 15 is 0 Å². The Bertz CT molecular complexity index is 517. The van der Waals surface area contributed by atoms with Crippen LogP contribution in [0, 0.1) is 0 Å². The fraction of sp³-hybridized carbons (Fsp3) is 0.800. The van der Waals surface area contributed by atoms with Crippen molar-refractivity contribution in [3.05, 3.63) is 31.8 Å². The van der Waals surface area contributed by atoms with E-state index in [9.17, 15) is 0 Å². The third-order valence-electron chi connectivity index (χ3n) is 6.93. The van der Waals surface area contributed by atoms with Crippen molar-refractivity contribution < 1.29 is 0 Å². The Balaban J connectivity index is 2.85. The molecule has 0 heterocycles. The quantitative estimate of drug-likeness (QED) is 0.142. The topological polar surface area (TPSA) is 0 Å². The first-order valence-electron chi connectivity index (χ1n) is 14.2. The van der Waals surface area contributed by atoms with Crippen molar-refractivity contribution in [2.24, 2.45) is 0 Å². The molecule has 0 bridgehead atoms. The van der Waals surface area contributed by atoms with Gasteiger partial charge in [0.25, 0.3) is 0 Å². The summed E-state index contributed by atoms with van der Waals surface area (Å²) in [5.74, 6) is 0. The van der Waals surface area contributed by atoms with Crippen LogP contribution in [0.25, 0.3) is 0 Å².